The molecule has 9 nitrogen and oxygen atoms in total. The molecular formula is C29H37N5O4. The Morgan fingerprint density at radius 3 is 2.68 bits per heavy atom. The molecule has 2 aromatic rings. The lowest BCUT2D eigenvalue weighted by Gasteiger charge is -2.27. The van der Waals surface area contributed by atoms with Gasteiger partial charge in [0, 0.05) is 44.9 Å². The highest BCUT2D eigenvalue weighted by Crippen LogP contribution is 2.29. The van der Waals surface area contributed by atoms with E-state index in [2.05, 4.69) is 34.4 Å². The van der Waals surface area contributed by atoms with E-state index in [0.717, 1.165) is 41.8 Å². The Hall–Kier alpha value is -3.64. The quantitative estimate of drug-likeness (QED) is 0.642. The molecule has 4 rings (SSSR count). The smallest absolute Gasteiger partial charge is 0.410 e. The third-order valence-electron chi connectivity index (χ3n) is 6.69. The number of nitrogens with one attached hydrogen (secondary N) is 1. The van der Waals surface area contributed by atoms with Gasteiger partial charge in [-0.25, -0.2) is 4.79 Å². The van der Waals surface area contributed by atoms with Crippen molar-refractivity contribution in [3.63, 3.8) is 0 Å². The van der Waals surface area contributed by atoms with E-state index < -0.39 is 29.7 Å². The van der Waals surface area contributed by atoms with Crippen LogP contribution in [-0.2, 0) is 27.1 Å². The molecule has 2 atom stereocenters. The summed E-state index contributed by atoms with van der Waals surface area (Å²) in [5.74, 6) is -0.409. The molecule has 0 bridgehead atoms. The van der Waals surface area contributed by atoms with E-state index in [1.54, 1.807) is 20.8 Å². The number of ether oxygens (including phenoxy) is 2. The van der Waals surface area contributed by atoms with E-state index >= 15 is 0 Å². The molecule has 0 saturated carbocycles. The van der Waals surface area contributed by atoms with Gasteiger partial charge in [-0.05, 0) is 57.2 Å². The summed E-state index contributed by atoms with van der Waals surface area (Å²) in [4.78, 5) is 33.9. The lowest BCUT2D eigenvalue weighted by atomic mass is 10.00. The summed E-state index contributed by atoms with van der Waals surface area (Å²) in [7, 11) is 2.10. The molecule has 0 aliphatic carbocycles. The molecular weight excluding hydrogens is 482 g/mol. The zero-order valence-electron chi connectivity index (χ0n) is 22.7. The lowest BCUT2D eigenvalue weighted by Crippen LogP contribution is -2.48. The number of amides is 2. The molecule has 2 amide bonds. The first kappa shape index (κ1) is 27.4. The van der Waals surface area contributed by atoms with Crippen LogP contribution in [0, 0.1) is 11.3 Å². The van der Waals surface area contributed by atoms with Crippen molar-refractivity contribution >= 4 is 17.7 Å². The molecule has 1 aromatic carbocycles. The summed E-state index contributed by atoms with van der Waals surface area (Å²) in [6, 6.07) is 11.6. The Bertz CT molecular complexity index is 1180. The van der Waals surface area contributed by atoms with E-state index in [1.165, 1.54) is 10.6 Å². The van der Waals surface area contributed by atoms with E-state index in [1.807, 2.05) is 30.5 Å². The van der Waals surface area contributed by atoms with Crippen LogP contribution in [0.3, 0.4) is 0 Å². The number of rotatable bonds is 5. The number of hydrogen-bond donors (Lipinski definition) is 1. The van der Waals surface area contributed by atoms with Gasteiger partial charge in [-0.15, -0.1) is 0 Å². The zero-order valence-corrected chi connectivity index (χ0v) is 22.7. The standard InChI is InChI=1S/C29H37N5O4/c1-29(2,3)38-28(36)34-13-6-14-37-26(19-34)27(35)32-23(17-30)15-20-8-10-21(11-9-20)22-16-25-24(31-18-22)7-5-12-33(25)4/h8-11,16,18,23,26H,5-7,12-15,19H2,1-4H3,(H,32,35)/t23-,26-/m0/s1. The van der Waals surface area contributed by atoms with Crippen LogP contribution in [0.15, 0.2) is 36.5 Å². The zero-order chi connectivity index (χ0) is 27.3. The predicted molar refractivity (Wildman–Crippen MR) is 145 cm³/mol. The molecule has 38 heavy (non-hydrogen) atoms. The number of benzene rings is 1. The van der Waals surface area contributed by atoms with Crippen molar-refractivity contribution in [2.75, 3.05) is 38.2 Å². The highest BCUT2D eigenvalue weighted by Gasteiger charge is 2.31. The maximum atomic E-state index is 13.0. The number of hydrogen-bond acceptors (Lipinski definition) is 7. The van der Waals surface area contributed by atoms with Crippen LogP contribution in [0.1, 0.15) is 44.9 Å². The van der Waals surface area contributed by atoms with Gasteiger partial charge < -0.3 is 24.6 Å². The molecule has 3 heterocycles. The first-order valence-corrected chi connectivity index (χ1v) is 13.2. The average molecular weight is 520 g/mol. The minimum absolute atomic E-state index is 0.0809. The molecule has 1 N–H and O–H groups in total. The number of aromatic nitrogens is 1. The van der Waals surface area contributed by atoms with Crippen molar-refractivity contribution in [3.05, 3.63) is 47.8 Å². The summed E-state index contributed by atoms with van der Waals surface area (Å²) >= 11 is 0. The number of nitrogens with zero attached hydrogens (tertiary/aromatic N) is 4. The van der Waals surface area contributed by atoms with Crippen molar-refractivity contribution in [2.24, 2.45) is 0 Å². The Balaban J connectivity index is 1.37. The second-order valence-corrected chi connectivity index (χ2v) is 10.9. The third-order valence-corrected chi connectivity index (χ3v) is 6.69. The van der Waals surface area contributed by atoms with Gasteiger partial charge in [-0.1, -0.05) is 24.3 Å². The molecule has 2 aliphatic heterocycles. The maximum Gasteiger partial charge on any atom is 0.410 e. The van der Waals surface area contributed by atoms with Gasteiger partial charge in [0.2, 0.25) is 0 Å². The largest absolute Gasteiger partial charge is 0.444 e. The molecule has 1 fully saturated rings. The Kier molecular flexibility index (Phi) is 8.52. The van der Waals surface area contributed by atoms with E-state index in [9.17, 15) is 14.9 Å². The third kappa shape index (κ3) is 7.01. The topological polar surface area (TPSA) is 108 Å². The summed E-state index contributed by atoms with van der Waals surface area (Å²) in [6.07, 6.45) is 3.67. The molecule has 0 radical (unpaired) electrons. The fourth-order valence-corrected chi connectivity index (χ4v) is 4.71. The predicted octanol–water partition coefficient (Wildman–Crippen LogP) is 3.71. The van der Waals surface area contributed by atoms with Crippen molar-refractivity contribution < 1.29 is 19.1 Å². The first-order valence-electron chi connectivity index (χ1n) is 13.2. The van der Waals surface area contributed by atoms with Crippen LogP contribution in [0.4, 0.5) is 10.5 Å². The summed E-state index contributed by atoms with van der Waals surface area (Å²) in [5.41, 5.74) is 4.72. The molecule has 9 heteroatoms. The molecule has 0 spiro atoms. The van der Waals surface area contributed by atoms with Crippen LogP contribution in [0.25, 0.3) is 11.1 Å². The van der Waals surface area contributed by atoms with Crippen LogP contribution in [0.2, 0.25) is 0 Å². The van der Waals surface area contributed by atoms with Crippen LogP contribution < -0.4 is 10.2 Å². The van der Waals surface area contributed by atoms with Gasteiger partial charge in [0.05, 0.1) is 24.0 Å². The Morgan fingerprint density at radius 2 is 1.97 bits per heavy atom. The van der Waals surface area contributed by atoms with Gasteiger partial charge in [0.15, 0.2) is 6.10 Å². The second kappa shape index (κ2) is 11.8. The first-order chi connectivity index (χ1) is 18.1. The number of anilines is 1. The van der Waals surface area contributed by atoms with E-state index in [0.29, 0.717) is 26.0 Å². The molecule has 1 aromatic heterocycles. The fourth-order valence-electron chi connectivity index (χ4n) is 4.71. The van der Waals surface area contributed by atoms with Gasteiger partial charge in [-0.3, -0.25) is 9.78 Å². The maximum absolute atomic E-state index is 13.0. The van der Waals surface area contributed by atoms with Crippen LogP contribution in [0.5, 0.6) is 0 Å². The summed E-state index contributed by atoms with van der Waals surface area (Å²) in [6.45, 7) is 7.31. The molecule has 0 unspecified atom stereocenters. The van der Waals surface area contributed by atoms with E-state index in [-0.39, 0.29) is 6.54 Å². The summed E-state index contributed by atoms with van der Waals surface area (Å²) in [5, 5.41) is 12.5. The Labute approximate surface area is 224 Å². The fraction of sp³-hybridized carbons (Fsp3) is 0.517. The van der Waals surface area contributed by atoms with Crippen LogP contribution in [-0.4, -0.2) is 72.9 Å². The number of aryl methyl sites for hydroxylation is 1. The molecule has 2 aliphatic rings. The average Bonchev–Trinajstić information content (AvgIpc) is 3.15. The molecule has 202 valence electrons. The highest BCUT2D eigenvalue weighted by atomic mass is 16.6. The van der Waals surface area contributed by atoms with Crippen molar-refractivity contribution in [1.82, 2.24) is 15.2 Å². The van der Waals surface area contributed by atoms with Crippen molar-refractivity contribution in [2.45, 2.75) is 64.2 Å². The lowest BCUT2D eigenvalue weighted by molar-refractivity contribution is -0.133. The van der Waals surface area contributed by atoms with E-state index in [4.69, 9.17) is 9.47 Å². The number of pyridine rings is 1. The van der Waals surface area contributed by atoms with Gasteiger partial charge in [0.1, 0.15) is 11.6 Å². The highest BCUT2D eigenvalue weighted by molar-refractivity contribution is 5.82. The number of nitriles is 1. The molecule has 1 saturated heterocycles. The van der Waals surface area contributed by atoms with Crippen molar-refractivity contribution in [3.8, 4) is 17.2 Å². The van der Waals surface area contributed by atoms with Crippen LogP contribution >= 0.6 is 0 Å². The van der Waals surface area contributed by atoms with Crippen molar-refractivity contribution in [1.29, 1.82) is 5.26 Å². The SMILES string of the molecule is CN1CCCc2ncc(-c3ccc(C[C@@H](C#N)NC(=O)[C@@H]4CN(C(=O)OC(C)(C)C)CCCO4)cc3)cc21. The normalized spacial score (nSPS) is 18.6. The Morgan fingerprint density at radius 1 is 1.21 bits per heavy atom. The number of carbonyl (C=O) groups excluding carboxylic acids is 2. The minimum atomic E-state index is -0.863. The van der Waals surface area contributed by atoms with Gasteiger partial charge in [-0.2, -0.15) is 5.26 Å². The minimum Gasteiger partial charge on any atom is -0.444 e. The summed E-state index contributed by atoms with van der Waals surface area (Å²) < 4.78 is 11.2. The number of fused-ring (bicyclic) bond motifs is 1. The van der Waals surface area contributed by atoms with Gasteiger partial charge >= 0.3 is 6.09 Å². The number of carbonyl (C=O) groups is 2. The monoisotopic (exact) mass is 519 g/mol. The van der Waals surface area contributed by atoms with Gasteiger partial charge in [0.25, 0.3) is 5.91 Å². The second-order valence-electron chi connectivity index (χ2n) is 10.9.